The van der Waals surface area contributed by atoms with Crippen LogP contribution in [-0.4, -0.2) is 36.8 Å². The summed E-state index contributed by atoms with van der Waals surface area (Å²) in [5, 5.41) is 13.1. The number of sulfonamides is 1. The number of carbonyl (C=O) groups is 1. The van der Waals surface area contributed by atoms with Gasteiger partial charge in [-0.3, -0.25) is 4.79 Å². The fourth-order valence-electron chi connectivity index (χ4n) is 2.47. The molecule has 0 atom stereocenters. The summed E-state index contributed by atoms with van der Waals surface area (Å²) < 4.78 is 26.5. The molecule has 8 heteroatoms. The lowest BCUT2D eigenvalue weighted by molar-refractivity contribution is -0.115. The van der Waals surface area contributed by atoms with Gasteiger partial charge in [0.1, 0.15) is 5.75 Å². The molecule has 2 N–H and O–H groups in total. The lowest BCUT2D eigenvalue weighted by Crippen LogP contribution is -2.30. The maximum absolute atomic E-state index is 12.6. The van der Waals surface area contributed by atoms with E-state index in [0.717, 1.165) is 5.56 Å². The summed E-state index contributed by atoms with van der Waals surface area (Å²) in [7, 11) is -3.68. The van der Waals surface area contributed by atoms with Crippen LogP contribution in [-0.2, 0) is 21.2 Å². The van der Waals surface area contributed by atoms with E-state index < -0.39 is 10.0 Å². The van der Waals surface area contributed by atoms with Crippen LogP contribution in [0.15, 0.2) is 47.4 Å². The van der Waals surface area contributed by atoms with Crippen LogP contribution >= 0.6 is 11.6 Å². The third-order valence-electron chi connectivity index (χ3n) is 3.86. The first-order valence-corrected chi connectivity index (χ1v) is 9.97. The van der Waals surface area contributed by atoms with Crippen molar-refractivity contribution in [1.29, 1.82) is 0 Å². The van der Waals surface area contributed by atoms with E-state index in [2.05, 4.69) is 5.32 Å². The third-order valence-corrected chi connectivity index (χ3v) is 6.16. The highest BCUT2D eigenvalue weighted by molar-refractivity contribution is 7.89. The van der Waals surface area contributed by atoms with Gasteiger partial charge in [0.25, 0.3) is 0 Å². The standard InChI is InChI=1S/C18H21ClN2O4S/c1-3-21(4-2)26(24,25)15-9-10-17(22)16(12-15)20-18(23)11-13-5-7-14(19)8-6-13/h5-10,12,22H,3-4,11H2,1-2H3,(H,20,23). The topological polar surface area (TPSA) is 86.7 Å². The summed E-state index contributed by atoms with van der Waals surface area (Å²) in [4.78, 5) is 12.2. The number of halogens is 1. The molecule has 0 bridgehead atoms. The van der Waals surface area contributed by atoms with Crippen molar-refractivity contribution >= 4 is 33.2 Å². The van der Waals surface area contributed by atoms with Crippen molar-refractivity contribution in [2.75, 3.05) is 18.4 Å². The molecule has 0 spiro atoms. The fraction of sp³-hybridized carbons (Fsp3) is 0.278. The Morgan fingerprint density at radius 3 is 2.31 bits per heavy atom. The van der Waals surface area contributed by atoms with Gasteiger partial charge in [-0.15, -0.1) is 0 Å². The zero-order chi connectivity index (χ0) is 19.3. The molecule has 2 rings (SSSR count). The number of carbonyl (C=O) groups excluding carboxylic acids is 1. The van der Waals surface area contributed by atoms with E-state index in [1.807, 2.05) is 0 Å². The van der Waals surface area contributed by atoms with E-state index in [-0.39, 0.29) is 28.7 Å². The monoisotopic (exact) mass is 396 g/mol. The molecule has 2 aromatic rings. The van der Waals surface area contributed by atoms with E-state index in [1.165, 1.54) is 22.5 Å². The van der Waals surface area contributed by atoms with Gasteiger partial charge in [-0.05, 0) is 35.9 Å². The molecule has 0 fully saturated rings. The van der Waals surface area contributed by atoms with Crippen LogP contribution in [0, 0.1) is 0 Å². The Morgan fingerprint density at radius 2 is 1.73 bits per heavy atom. The van der Waals surface area contributed by atoms with Crippen LogP contribution in [0.3, 0.4) is 0 Å². The molecule has 0 saturated heterocycles. The van der Waals surface area contributed by atoms with Gasteiger partial charge in [0, 0.05) is 18.1 Å². The number of nitrogens with one attached hydrogen (secondary N) is 1. The molecule has 0 heterocycles. The molecule has 0 radical (unpaired) electrons. The van der Waals surface area contributed by atoms with Crippen molar-refractivity contribution in [1.82, 2.24) is 4.31 Å². The molecule has 1 amide bonds. The molecule has 0 saturated carbocycles. The number of anilines is 1. The Hall–Kier alpha value is -2.09. The second kappa shape index (κ2) is 8.53. The number of rotatable bonds is 7. The first-order chi connectivity index (χ1) is 12.3. The number of hydrogen-bond acceptors (Lipinski definition) is 4. The van der Waals surface area contributed by atoms with Gasteiger partial charge in [-0.25, -0.2) is 8.42 Å². The number of hydrogen-bond donors (Lipinski definition) is 2. The van der Waals surface area contributed by atoms with Crippen molar-refractivity contribution < 1.29 is 18.3 Å². The molecule has 0 unspecified atom stereocenters. The predicted molar refractivity (Wildman–Crippen MR) is 102 cm³/mol. The highest BCUT2D eigenvalue weighted by Gasteiger charge is 2.23. The number of phenols is 1. The van der Waals surface area contributed by atoms with Gasteiger partial charge in [0.15, 0.2) is 0 Å². The number of amides is 1. The van der Waals surface area contributed by atoms with E-state index in [1.54, 1.807) is 38.1 Å². The van der Waals surface area contributed by atoms with Crippen LogP contribution in [0.1, 0.15) is 19.4 Å². The van der Waals surface area contributed by atoms with E-state index in [4.69, 9.17) is 11.6 Å². The maximum atomic E-state index is 12.6. The van der Waals surface area contributed by atoms with Gasteiger partial charge in [-0.2, -0.15) is 4.31 Å². The van der Waals surface area contributed by atoms with Crippen LogP contribution in [0.2, 0.25) is 5.02 Å². The molecule has 26 heavy (non-hydrogen) atoms. The van der Waals surface area contributed by atoms with Crippen molar-refractivity contribution in [3.63, 3.8) is 0 Å². The maximum Gasteiger partial charge on any atom is 0.243 e. The number of phenolic OH excluding ortho intramolecular Hbond substituents is 1. The fourth-order valence-corrected chi connectivity index (χ4v) is 4.08. The minimum atomic E-state index is -3.68. The quantitative estimate of drug-likeness (QED) is 0.703. The zero-order valence-electron chi connectivity index (χ0n) is 14.6. The summed E-state index contributed by atoms with van der Waals surface area (Å²) in [6, 6.07) is 10.7. The Labute approximate surface area is 158 Å². The number of nitrogens with zero attached hydrogens (tertiary/aromatic N) is 1. The van der Waals surface area contributed by atoms with E-state index in [9.17, 15) is 18.3 Å². The van der Waals surface area contributed by atoms with Gasteiger partial charge in [0.2, 0.25) is 15.9 Å². The van der Waals surface area contributed by atoms with Gasteiger partial charge >= 0.3 is 0 Å². The first kappa shape index (κ1) is 20.2. The van der Waals surface area contributed by atoms with Gasteiger partial charge in [0.05, 0.1) is 17.0 Å². The number of benzene rings is 2. The third kappa shape index (κ3) is 4.75. The lowest BCUT2D eigenvalue weighted by atomic mass is 10.1. The second-order valence-corrected chi connectivity index (χ2v) is 7.99. The highest BCUT2D eigenvalue weighted by atomic mass is 35.5. The smallest absolute Gasteiger partial charge is 0.243 e. The van der Waals surface area contributed by atoms with Crippen LogP contribution in [0.4, 0.5) is 5.69 Å². The normalized spacial score (nSPS) is 11.5. The Balaban J connectivity index is 2.21. The zero-order valence-corrected chi connectivity index (χ0v) is 16.1. The minimum Gasteiger partial charge on any atom is -0.506 e. The SMILES string of the molecule is CCN(CC)S(=O)(=O)c1ccc(O)c(NC(=O)Cc2ccc(Cl)cc2)c1. The summed E-state index contributed by atoms with van der Waals surface area (Å²) in [5.74, 6) is -0.576. The Morgan fingerprint density at radius 1 is 1.12 bits per heavy atom. The number of aromatic hydroxyl groups is 1. The van der Waals surface area contributed by atoms with Crippen molar-refractivity contribution in [2.45, 2.75) is 25.2 Å². The molecule has 0 aliphatic rings. The Kier molecular flexibility index (Phi) is 6.63. The van der Waals surface area contributed by atoms with E-state index in [0.29, 0.717) is 18.1 Å². The average molecular weight is 397 g/mol. The average Bonchev–Trinajstić information content (AvgIpc) is 2.59. The van der Waals surface area contributed by atoms with Crippen LogP contribution < -0.4 is 5.32 Å². The molecule has 0 aromatic heterocycles. The minimum absolute atomic E-state index is 0.0146. The molecule has 6 nitrogen and oxygen atoms in total. The van der Waals surface area contributed by atoms with Crippen molar-refractivity contribution in [2.24, 2.45) is 0 Å². The first-order valence-electron chi connectivity index (χ1n) is 8.15. The second-order valence-electron chi connectivity index (χ2n) is 5.62. The van der Waals surface area contributed by atoms with Crippen molar-refractivity contribution in [3.8, 4) is 5.75 Å². The van der Waals surface area contributed by atoms with Crippen molar-refractivity contribution in [3.05, 3.63) is 53.1 Å². The van der Waals surface area contributed by atoms with E-state index >= 15 is 0 Å². The Bertz CT molecular complexity index is 879. The largest absolute Gasteiger partial charge is 0.506 e. The molecular weight excluding hydrogens is 376 g/mol. The molecule has 140 valence electrons. The van der Waals surface area contributed by atoms with Crippen LogP contribution in [0.25, 0.3) is 0 Å². The predicted octanol–water partition coefficient (Wildman–Crippen LogP) is 3.26. The summed E-state index contributed by atoms with van der Waals surface area (Å²) in [5.41, 5.74) is 0.801. The lowest BCUT2D eigenvalue weighted by Gasteiger charge is -2.19. The highest BCUT2D eigenvalue weighted by Crippen LogP contribution is 2.28. The molecule has 0 aliphatic heterocycles. The summed E-state index contributed by atoms with van der Waals surface area (Å²) in [6.45, 7) is 4.16. The molecular formula is C18H21ClN2O4S. The summed E-state index contributed by atoms with van der Waals surface area (Å²) in [6.07, 6.45) is 0.0730. The molecule has 2 aromatic carbocycles. The van der Waals surface area contributed by atoms with Gasteiger partial charge in [-0.1, -0.05) is 37.6 Å². The molecule has 0 aliphatic carbocycles. The van der Waals surface area contributed by atoms with Gasteiger partial charge < -0.3 is 10.4 Å². The van der Waals surface area contributed by atoms with Crippen LogP contribution in [0.5, 0.6) is 5.75 Å². The summed E-state index contributed by atoms with van der Waals surface area (Å²) >= 11 is 5.81.